The third kappa shape index (κ3) is 7.84. The Bertz CT molecular complexity index is 953. The summed E-state index contributed by atoms with van der Waals surface area (Å²) in [5.74, 6) is -4.32. The lowest BCUT2D eigenvalue weighted by atomic mass is 10.2. The highest BCUT2D eigenvalue weighted by Gasteiger charge is 2.20. The van der Waals surface area contributed by atoms with E-state index in [1.54, 1.807) is 24.3 Å². The summed E-state index contributed by atoms with van der Waals surface area (Å²) in [6.07, 6.45) is -1.55. The number of rotatable bonds is 8. The molecule has 0 bridgehead atoms. The van der Waals surface area contributed by atoms with Gasteiger partial charge in [0.2, 0.25) is 0 Å². The molecular weight excluding hydrogens is 412 g/mol. The second-order valence-electron chi connectivity index (χ2n) is 6.42. The Morgan fingerprint density at radius 1 is 1.00 bits per heavy atom. The van der Waals surface area contributed by atoms with Crippen molar-refractivity contribution in [3.63, 3.8) is 0 Å². The van der Waals surface area contributed by atoms with Gasteiger partial charge in [-0.25, -0.2) is 13.6 Å². The van der Waals surface area contributed by atoms with Crippen molar-refractivity contribution in [3.8, 4) is 0 Å². The lowest BCUT2D eigenvalue weighted by molar-refractivity contribution is -0.154. The van der Waals surface area contributed by atoms with Crippen LogP contribution >= 0.6 is 0 Å². The maximum atomic E-state index is 13.5. The van der Waals surface area contributed by atoms with Crippen molar-refractivity contribution in [2.45, 2.75) is 26.0 Å². The molecule has 2 rings (SSSR count). The maximum absolute atomic E-state index is 13.5. The third-order valence-corrected chi connectivity index (χ3v) is 4.00. The van der Waals surface area contributed by atoms with Gasteiger partial charge in [0.25, 0.3) is 11.8 Å². The summed E-state index contributed by atoms with van der Waals surface area (Å²) >= 11 is 0. The standard InChI is InChI=1S/C21H21F2N3O5/c1-13(19(28)26-21(30)25-12-14-5-3-2-4-6-14)31-18(27)9-10-24-20(29)16-8-7-15(22)11-17(16)23/h2-8,11,13H,9-10,12H2,1H3,(H,24,29)(H2,25,26,28,30). The van der Waals surface area contributed by atoms with Crippen LogP contribution in [0.25, 0.3) is 0 Å². The van der Waals surface area contributed by atoms with E-state index in [9.17, 15) is 28.0 Å². The SMILES string of the molecule is CC(OC(=O)CCNC(=O)c1ccc(F)cc1F)C(=O)NC(=O)NCc1ccccc1. The molecule has 0 heterocycles. The Balaban J connectivity index is 1.69. The number of ether oxygens (including phenoxy) is 1. The third-order valence-electron chi connectivity index (χ3n) is 4.00. The normalized spacial score (nSPS) is 11.2. The van der Waals surface area contributed by atoms with Gasteiger partial charge >= 0.3 is 12.0 Å². The van der Waals surface area contributed by atoms with Crippen molar-refractivity contribution in [2.75, 3.05) is 6.54 Å². The van der Waals surface area contributed by atoms with Crippen LogP contribution in [0.1, 0.15) is 29.3 Å². The molecule has 8 nitrogen and oxygen atoms in total. The van der Waals surface area contributed by atoms with Crippen LogP contribution in [0.2, 0.25) is 0 Å². The van der Waals surface area contributed by atoms with Crippen LogP contribution in [0.4, 0.5) is 13.6 Å². The monoisotopic (exact) mass is 433 g/mol. The first-order chi connectivity index (χ1) is 14.8. The first kappa shape index (κ1) is 23.5. The van der Waals surface area contributed by atoms with Crippen LogP contribution in [0.15, 0.2) is 48.5 Å². The fraction of sp³-hybridized carbons (Fsp3) is 0.238. The smallest absolute Gasteiger partial charge is 0.321 e. The molecule has 0 fully saturated rings. The maximum Gasteiger partial charge on any atom is 0.321 e. The van der Waals surface area contributed by atoms with Crippen molar-refractivity contribution in [1.29, 1.82) is 0 Å². The zero-order chi connectivity index (χ0) is 22.8. The molecule has 0 aromatic heterocycles. The molecule has 0 aliphatic carbocycles. The Hall–Kier alpha value is -3.82. The van der Waals surface area contributed by atoms with Gasteiger partial charge in [-0.3, -0.25) is 19.7 Å². The Morgan fingerprint density at radius 3 is 2.39 bits per heavy atom. The van der Waals surface area contributed by atoms with E-state index >= 15 is 0 Å². The summed E-state index contributed by atoms with van der Waals surface area (Å²) in [5.41, 5.74) is 0.469. The second-order valence-corrected chi connectivity index (χ2v) is 6.42. The quantitative estimate of drug-likeness (QED) is 0.552. The zero-order valence-corrected chi connectivity index (χ0v) is 16.6. The lowest BCUT2D eigenvalue weighted by Crippen LogP contribution is -2.44. The molecule has 0 aliphatic rings. The van der Waals surface area contributed by atoms with Gasteiger partial charge in [0.05, 0.1) is 12.0 Å². The highest BCUT2D eigenvalue weighted by Crippen LogP contribution is 2.09. The minimum Gasteiger partial charge on any atom is -0.452 e. The number of halogens is 2. The van der Waals surface area contributed by atoms with E-state index in [2.05, 4.69) is 16.0 Å². The van der Waals surface area contributed by atoms with Crippen LogP contribution in [0, 0.1) is 11.6 Å². The Labute approximate surface area is 177 Å². The van der Waals surface area contributed by atoms with Crippen LogP contribution < -0.4 is 16.0 Å². The van der Waals surface area contributed by atoms with Gasteiger partial charge < -0.3 is 15.4 Å². The van der Waals surface area contributed by atoms with Gasteiger partial charge in [0, 0.05) is 19.2 Å². The van der Waals surface area contributed by atoms with Gasteiger partial charge in [-0.05, 0) is 24.6 Å². The van der Waals surface area contributed by atoms with Gasteiger partial charge in [-0.2, -0.15) is 0 Å². The number of carbonyl (C=O) groups is 4. The predicted molar refractivity (Wildman–Crippen MR) is 106 cm³/mol. The molecule has 1 unspecified atom stereocenters. The van der Waals surface area contributed by atoms with E-state index in [0.717, 1.165) is 17.7 Å². The van der Waals surface area contributed by atoms with Gasteiger partial charge in [-0.15, -0.1) is 0 Å². The largest absolute Gasteiger partial charge is 0.452 e. The summed E-state index contributed by atoms with van der Waals surface area (Å²) in [6.45, 7) is 1.30. The predicted octanol–water partition coefficient (Wildman–Crippen LogP) is 2.04. The second kappa shape index (κ2) is 11.4. The summed E-state index contributed by atoms with van der Waals surface area (Å²) in [6, 6.07) is 10.8. The Morgan fingerprint density at radius 2 is 1.71 bits per heavy atom. The first-order valence-electron chi connectivity index (χ1n) is 9.31. The molecule has 0 saturated heterocycles. The van der Waals surface area contributed by atoms with E-state index in [-0.39, 0.29) is 25.1 Å². The molecule has 0 radical (unpaired) electrons. The topological polar surface area (TPSA) is 114 Å². The number of nitrogens with one attached hydrogen (secondary N) is 3. The van der Waals surface area contributed by atoms with E-state index in [0.29, 0.717) is 6.07 Å². The molecule has 10 heteroatoms. The number of benzene rings is 2. The van der Waals surface area contributed by atoms with Crippen LogP contribution in [-0.2, 0) is 20.9 Å². The van der Waals surface area contributed by atoms with E-state index in [4.69, 9.17) is 4.74 Å². The van der Waals surface area contributed by atoms with Crippen molar-refractivity contribution >= 4 is 23.8 Å². The van der Waals surface area contributed by atoms with Crippen molar-refractivity contribution in [3.05, 3.63) is 71.3 Å². The number of esters is 1. The molecule has 2 aromatic rings. The number of hydrogen-bond donors (Lipinski definition) is 3. The molecule has 164 valence electrons. The zero-order valence-electron chi connectivity index (χ0n) is 16.6. The van der Waals surface area contributed by atoms with Crippen molar-refractivity contribution < 1.29 is 32.7 Å². The summed E-state index contributed by atoms with van der Waals surface area (Å²) in [7, 11) is 0. The minimum atomic E-state index is -1.25. The number of carbonyl (C=O) groups excluding carboxylic acids is 4. The molecule has 31 heavy (non-hydrogen) atoms. The van der Waals surface area contributed by atoms with Crippen molar-refractivity contribution in [2.24, 2.45) is 0 Å². The highest BCUT2D eigenvalue weighted by atomic mass is 19.1. The first-order valence-corrected chi connectivity index (χ1v) is 9.31. The molecule has 2 aromatic carbocycles. The van der Waals surface area contributed by atoms with Crippen molar-refractivity contribution in [1.82, 2.24) is 16.0 Å². The van der Waals surface area contributed by atoms with Gasteiger partial charge in [0.1, 0.15) is 11.6 Å². The lowest BCUT2D eigenvalue weighted by Gasteiger charge is -2.13. The summed E-state index contributed by atoms with van der Waals surface area (Å²) in [4.78, 5) is 47.3. The molecule has 0 aliphatic heterocycles. The molecule has 0 spiro atoms. The molecule has 0 saturated carbocycles. The Kier molecular flexibility index (Phi) is 8.62. The van der Waals surface area contributed by atoms with Gasteiger partial charge in [0.15, 0.2) is 6.10 Å². The molecule has 3 N–H and O–H groups in total. The summed E-state index contributed by atoms with van der Waals surface area (Å²) < 4.78 is 31.3. The van der Waals surface area contributed by atoms with Gasteiger partial charge in [-0.1, -0.05) is 30.3 Å². The molecule has 1 atom stereocenters. The van der Waals surface area contributed by atoms with E-state index in [1.807, 2.05) is 6.07 Å². The molecular formula is C21H21F2N3O5. The number of amides is 4. The average Bonchev–Trinajstić information content (AvgIpc) is 2.72. The van der Waals surface area contributed by atoms with Crippen LogP contribution in [-0.4, -0.2) is 36.5 Å². The van der Waals surface area contributed by atoms with Crippen LogP contribution in [0.5, 0.6) is 0 Å². The molecule has 4 amide bonds. The fourth-order valence-corrected chi connectivity index (χ4v) is 2.39. The fourth-order valence-electron chi connectivity index (χ4n) is 2.39. The number of imide groups is 1. The van der Waals surface area contributed by atoms with E-state index < -0.39 is 41.6 Å². The number of urea groups is 1. The average molecular weight is 433 g/mol. The minimum absolute atomic E-state index is 0.194. The number of hydrogen-bond acceptors (Lipinski definition) is 5. The highest BCUT2D eigenvalue weighted by molar-refractivity contribution is 5.97. The summed E-state index contributed by atoms with van der Waals surface area (Å²) in [5, 5.41) is 6.84. The van der Waals surface area contributed by atoms with Crippen LogP contribution in [0.3, 0.4) is 0 Å². The van der Waals surface area contributed by atoms with E-state index in [1.165, 1.54) is 6.92 Å².